The molecule has 1 atom stereocenters. The molecule has 0 unspecified atom stereocenters. The second-order valence-electron chi connectivity index (χ2n) is 7.14. The van der Waals surface area contributed by atoms with Gasteiger partial charge in [0, 0.05) is 19.1 Å². The summed E-state index contributed by atoms with van der Waals surface area (Å²) in [6, 6.07) is 0.426. The first-order valence-corrected chi connectivity index (χ1v) is 8.71. The number of ether oxygens (including phenoxy) is 1. The first kappa shape index (κ1) is 15.1. The molecule has 3 fully saturated rings. The Kier molecular flexibility index (Phi) is 4.07. The summed E-state index contributed by atoms with van der Waals surface area (Å²) >= 11 is 0. The maximum Gasteiger partial charge on any atom is 0.234 e. The number of carbonyl (C=O) groups is 1. The summed E-state index contributed by atoms with van der Waals surface area (Å²) in [6.07, 6.45) is 4.98. The van der Waals surface area contributed by atoms with Crippen molar-refractivity contribution in [3.05, 3.63) is 11.6 Å². The molecule has 2 N–H and O–H groups in total. The Bertz CT molecular complexity index is 555. The van der Waals surface area contributed by atoms with Crippen molar-refractivity contribution in [2.75, 3.05) is 26.2 Å². The third kappa shape index (κ3) is 3.72. The lowest BCUT2D eigenvalue weighted by molar-refractivity contribution is -0.125. The van der Waals surface area contributed by atoms with Gasteiger partial charge in [0.05, 0.1) is 13.2 Å². The van der Waals surface area contributed by atoms with Crippen molar-refractivity contribution in [2.45, 2.75) is 44.8 Å². The van der Waals surface area contributed by atoms with Gasteiger partial charge in [-0.3, -0.25) is 14.8 Å². The highest BCUT2D eigenvalue weighted by Gasteiger charge is 2.42. The Labute approximate surface area is 136 Å². The van der Waals surface area contributed by atoms with Crippen molar-refractivity contribution in [1.82, 2.24) is 25.4 Å². The van der Waals surface area contributed by atoms with Crippen molar-refractivity contribution in [2.24, 2.45) is 11.8 Å². The van der Waals surface area contributed by atoms with Crippen molar-refractivity contribution < 1.29 is 9.53 Å². The van der Waals surface area contributed by atoms with Gasteiger partial charge < -0.3 is 10.1 Å². The number of aromatic nitrogens is 3. The van der Waals surface area contributed by atoms with E-state index in [1.807, 2.05) is 6.92 Å². The molecule has 126 valence electrons. The predicted octanol–water partition coefficient (Wildman–Crippen LogP) is 0.791. The lowest BCUT2D eigenvalue weighted by Gasteiger charge is -2.31. The summed E-state index contributed by atoms with van der Waals surface area (Å²) in [5.74, 6) is 3.09. The van der Waals surface area contributed by atoms with Crippen LogP contribution in [0.3, 0.4) is 0 Å². The molecule has 1 aliphatic heterocycles. The van der Waals surface area contributed by atoms with E-state index < -0.39 is 0 Å². The summed E-state index contributed by atoms with van der Waals surface area (Å²) in [6.45, 7) is 4.38. The van der Waals surface area contributed by atoms with Gasteiger partial charge in [0.25, 0.3) is 0 Å². The van der Waals surface area contributed by atoms with Crippen LogP contribution < -0.4 is 5.32 Å². The topological polar surface area (TPSA) is 83.1 Å². The van der Waals surface area contributed by atoms with Crippen LogP contribution in [0.4, 0.5) is 0 Å². The van der Waals surface area contributed by atoms with Gasteiger partial charge in [-0.15, -0.1) is 0 Å². The lowest BCUT2D eigenvalue weighted by Crippen LogP contribution is -2.47. The van der Waals surface area contributed by atoms with Crippen LogP contribution in [0.15, 0.2) is 0 Å². The van der Waals surface area contributed by atoms with E-state index >= 15 is 0 Å². The zero-order valence-corrected chi connectivity index (χ0v) is 13.6. The molecule has 4 rings (SSSR count). The number of nitrogens with zero attached hydrogens (tertiary/aromatic N) is 3. The van der Waals surface area contributed by atoms with Gasteiger partial charge in [-0.25, -0.2) is 4.98 Å². The molecule has 2 saturated carbocycles. The van der Waals surface area contributed by atoms with Gasteiger partial charge in [0.1, 0.15) is 11.9 Å². The number of rotatable bonds is 6. The molecule has 0 bridgehead atoms. The van der Waals surface area contributed by atoms with E-state index in [-0.39, 0.29) is 12.0 Å². The van der Waals surface area contributed by atoms with Crippen LogP contribution in [-0.2, 0) is 9.53 Å². The normalized spacial score (nSPS) is 25.7. The van der Waals surface area contributed by atoms with Crippen LogP contribution in [-0.4, -0.2) is 58.3 Å². The highest BCUT2D eigenvalue weighted by molar-refractivity contribution is 5.78. The van der Waals surface area contributed by atoms with Gasteiger partial charge in [-0.1, -0.05) is 0 Å². The third-order valence-corrected chi connectivity index (χ3v) is 5.01. The molecule has 7 heteroatoms. The van der Waals surface area contributed by atoms with Gasteiger partial charge in [-0.2, -0.15) is 5.10 Å². The van der Waals surface area contributed by atoms with Gasteiger partial charge in [0.15, 0.2) is 5.82 Å². The van der Waals surface area contributed by atoms with Crippen LogP contribution >= 0.6 is 0 Å². The first-order chi connectivity index (χ1) is 11.2. The molecule has 2 heterocycles. The van der Waals surface area contributed by atoms with Crippen LogP contribution in [0.2, 0.25) is 0 Å². The molecule has 1 aromatic heterocycles. The molecule has 23 heavy (non-hydrogen) atoms. The fourth-order valence-corrected chi connectivity index (χ4v) is 3.47. The average Bonchev–Trinajstić information content (AvgIpc) is 3.44. The summed E-state index contributed by atoms with van der Waals surface area (Å²) in [5.41, 5.74) is 0. The number of carbonyl (C=O) groups excluding carboxylic acids is 1. The molecule has 2 aliphatic carbocycles. The second-order valence-corrected chi connectivity index (χ2v) is 7.14. The number of morpholine rings is 1. The molecule has 0 spiro atoms. The van der Waals surface area contributed by atoms with E-state index in [1.165, 1.54) is 25.7 Å². The number of aryl methyl sites for hydroxylation is 1. The molecule has 1 aromatic rings. The Balaban J connectivity index is 1.30. The Hall–Kier alpha value is -1.47. The number of aromatic amines is 1. The van der Waals surface area contributed by atoms with Crippen LogP contribution in [0.1, 0.15) is 43.4 Å². The summed E-state index contributed by atoms with van der Waals surface area (Å²) < 4.78 is 5.75. The van der Waals surface area contributed by atoms with Crippen LogP contribution in [0.5, 0.6) is 0 Å². The maximum absolute atomic E-state index is 12.4. The number of H-pyrrole nitrogens is 1. The molecular formula is C16H25N5O2. The monoisotopic (exact) mass is 319 g/mol. The maximum atomic E-state index is 12.4. The van der Waals surface area contributed by atoms with Gasteiger partial charge in [0.2, 0.25) is 5.91 Å². The van der Waals surface area contributed by atoms with E-state index in [9.17, 15) is 4.79 Å². The van der Waals surface area contributed by atoms with Crippen molar-refractivity contribution in [1.29, 1.82) is 0 Å². The molecule has 7 nitrogen and oxygen atoms in total. The highest BCUT2D eigenvalue weighted by Crippen LogP contribution is 2.44. The quantitative estimate of drug-likeness (QED) is 0.810. The fraction of sp³-hybridized carbons (Fsp3) is 0.812. The largest absolute Gasteiger partial charge is 0.367 e. The minimum atomic E-state index is -0.149. The SMILES string of the molecule is Cc1nc([C@@H]2CN(CC(=O)NC(C3CC3)C3CC3)CCO2)n[nH]1. The van der Waals surface area contributed by atoms with E-state index in [0.717, 1.165) is 24.2 Å². The van der Waals surface area contributed by atoms with E-state index in [2.05, 4.69) is 25.4 Å². The zero-order chi connectivity index (χ0) is 15.8. The molecule has 1 saturated heterocycles. The number of amides is 1. The Morgan fingerprint density at radius 2 is 2.13 bits per heavy atom. The smallest absolute Gasteiger partial charge is 0.234 e. The first-order valence-electron chi connectivity index (χ1n) is 8.71. The zero-order valence-electron chi connectivity index (χ0n) is 13.6. The van der Waals surface area contributed by atoms with E-state index in [1.54, 1.807) is 0 Å². The lowest BCUT2D eigenvalue weighted by atomic mass is 10.1. The van der Waals surface area contributed by atoms with Gasteiger partial charge >= 0.3 is 0 Å². The Morgan fingerprint density at radius 1 is 1.39 bits per heavy atom. The third-order valence-electron chi connectivity index (χ3n) is 5.01. The van der Waals surface area contributed by atoms with Gasteiger partial charge in [-0.05, 0) is 44.4 Å². The highest BCUT2D eigenvalue weighted by atomic mass is 16.5. The number of nitrogens with one attached hydrogen (secondary N) is 2. The molecule has 0 aromatic carbocycles. The van der Waals surface area contributed by atoms with Crippen molar-refractivity contribution in [3.8, 4) is 0 Å². The minimum Gasteiger partial charge on any atom is -0.367 e. The molecule has 1 amide bonds. The summed E-state index contributed by atoms with van der Waals surface area (Å²) in [5, 5.41) is 10.3. The molecule has 3 aliphatic rings. The average molecular weight is 319 g/mol. The Morgan fingerprint density at radius 3 is 2.74 bits per heavy atom. The summed E-state index contributed by atoms with van der Waals surface area (Å²) in [4.78, 5) is 18.9. The molecule has 0 radical (unpaired) electrons. The van der Waals surface area contributed by atoms with E-state index in [4.69, 9.17) is 4.74 Å². The summed E-state index contributed by atoms with van der Waals surface area (Å²) in [7, 11) is 0. The van der Waals surface area contributed by atoms with E-state index in [0.29, 0.717) is 31.6 Å². The van der Waals surface area contributed by atoms with Crippen molar-refractivity contribution in [3.63, 3.8) is 0 Å². The number of hydrogen-bond acceptors (Lipinski definition) is 5. The van der Waals surface area contributed by atoms with Crippen LogP contribution in [0.25, 0.3) is 0 Å². The second kappa shape index (κ2) is 6.20. The van der Waals surface area contributed by atoms with Crippen LogP contribution in [0, 0.1) is 18.8 Å². The van der Waals surface area contributed by atoms with Crippen molar-refractivity contribution >= 4 is 5.91 Å². The number of hydrogen-bond donors (Lipinski definition) is 2. The molecular weight excluding hydrogens is 294 g/mol. The minimum absolute atomic E-state index is 0.149. The fourth-order valence-electron chi connectivity index (χ4n) is 3.47. The predicted molar refractivity (Wildman–Crippen MR) is 83.6 cm³/mol. The standard InChI is InChI=1S/C16H25N5O2/c1-10-17-16(20-19-10)13-8-21(6-7-23-13)9-14(22)18-15(11-2-3-11)12-4-5-12/h11-13,15H,2-9H2,1H3,(H,18,22)(H,17,19,20)/t13-/m0/s1.